The molecule has 2 aliphatic rings. The van der Waals surface area contributed by atoms with Crippen molar-refractivity contribution in [2.45, 2.75) is 45.3 Å². The smallest absolute Gasteiger partial charge is 0.410 e. The number of furan rings is 1. The Kier molecular flexibility index (Phi) is 11.1. The summed E-state index contributed by atoms with van der Waals surface area (Å²) >= 11 is 0. The lowest BCUT2D eigenvalue weighted by Crippen LogP contribution is -2.46. The number of rotatable bonds is 7. The zero-order valence-corrected chi connectivity index (χ0v) is 21.8. The van der Waals surface area contributed by atoms with Crippen LogP contribution in [0.4, 0.5) is 4.79 Å². The highest BCUT2D eigenvalue weighted by molar-refractivity contribution is 14.0. The molecule has 0 spiro atoms. The molecule has 1 amide bonds. The molecule has 9 nitrogen and oxygen atoms in total. The molecule has 1 unspecified atom stereocenters. The van der Waals surface area contributed by atoms with Gasteiger partial charge in [-0.1, -0.05) is 0 Å². The SMILES string of the molecule is CC(C)(C)OC(=O)N1CCC(NC(=NCCN2CCOCC2)NCCc2ccco2)C1.I. The third-order valence-electron chi connectivity index (χ3n) is 5.21. The second kappa shape index (κ2) is 13.2. The quantitative estimate of drug-likeness (QED) is 0.299. The monoisotopic (exact) mass is 563 g/mol. The van der Waals surface area contributed by atoms with Gasteiger partial charge in [-0.25, -0.2) is 4.79 Å². The lowest BCUT2D eigenvalue weighted by molar-refractivity contribution is 0.0291. The van der Waals surface area contributed by atoms with Crippen LogP contribution in [0, 0.1) is 0 Å². The third kappa shape index (κ3) is 9.53. The van der Waals surface area contributed by atoms with Crippen molar-refractivity contribution in [1.82, 2.24) is 20.4 Å². The summed E-state index contributed by atoms with van der Waals surface area (Å²) in [5.74, 6) is 1.72. The molecular weight excluding hydrogens is 525 g/mol. The summed E-state index contributed by atoms with van der Waals surface area (Å²) in [5, 5.41) is 6.90. The minimum Gasteiger partial charge on any atom is -0.469 e. The molecule has 3 heterocycles. The van der Waals surface area contributed by atoms with Gasteiger partial charge in [0.15, 0.2) is 5.96 Å². The Morgan fingerprint density at radius 3 is 2.75 bits per heavy atom. The molecule has 2 fully saturated rings. The van der Waals surface area contributed by atoms with Crippen LogP contribution >= 0.6 is 24.0 Å². The summed E-state index contributed by atoms with van der Waals surface area (Å²) in [7, 11) is 0. The minimum absolute atomic E-state index is 0. The van der Waals surface area contributed by atoms with Gasteiger partial charge in [-0.15, -0.1) is 24.0 Å². The van der Waals surface area contributed by atoms with E-state index < -0.39 is 5.60 Å². The Hall–Kier alpha value is -1.53. The average molecular weight is 563 g/mol. The van der Waals surface area contributed by atoms with Crippen LogP contribution < -0.4 is 10.6 Å². The molecule has 2 N–H and O–H groups in total. The fourth-order valence-corrected chi connectivity index (χ4v) is 3.60. The van der Waals surface area contributed by atoms with E-state index in [1.54, 1.807) is 11.2 Å². The molecule has 182 valence electrons. The van der Waals surface area contributed by atoms with E-state index >= 15 is 0 Å². The molecule has 1 aromatic heterocycles. The van der Waals surface area contributed by atoms with Gasteiger partial charge in [0.1, 0.15) is 11.4 Å². The molecule has 0 saturated carbocycles. The Balaban J connectivity index is 0.00000363. The number of likely N-dealkylation sites (tertiary alicyclic amines) is 1. The first kappa shape index (κ1) is 26.7. The minimum atomic E-state index is -0.484. The number of guanidine groups is 1. The fraction of sp³-hybridized carbons (Fsp3) is 0.727. The molecule has 0 bridgehead atoms. The standard InChI is InChI=1S/C22H37N5O4.HI/c1-22(2,3)31-21(28)27-10-7-18(17-27)25-20(23-8-6-19-5-4-14-30-19)24-9-11-26-12-15-29-16-13-26;/h4-5,14,18H,6-13,15-17H2,1-3H3,(H2,23,24,25);1H. The van der Waals surface area contributed by atoms with E-state index in [2.05, 4.69) is 15.5 Å². The largest absolute Gasteiger partial charge is 0.469 e. The van der Waals surface area contributed by atoms with Gasteiger partial charge in [0.25, 0.3) is 0 Å². The number of nitrogens with zero attached hydrogens (tertiary/aromatic N) is 3. The van der Waals surface area contributed by atoms with Crippen molar-refractivity contribution in [2.75, 3.05) is 59.0 Å². The molecule has 2 aliphatic heterocycles. The van der Waals surface area contributed by atoms with Crippen LogP contribution in [0.1, 0.15) is 33.0 Å². The van der Waals surface area contributed by atoms with Crippen molar-refractivity contribution in [3.8, 4) is 0 Å². The normalized spacial score (nSPS) is 20.0. The summed E-state index contributed by atoms with van der Waals surface area (Å²) in [6.07, 6.45) is 3.08. The zero-order valence-electron chi connectivity index (χ0n) is 19.5. The van der Waals surface area contributed by atoms with Crippen LogP contribution in [0.25, 0.3) is 0 Å². The van der Waals surface area contributed by atoms with Crippen LogP contribution in [0.2, 0.25) is 0 Å². The first-order valence-corrected chi connectivity index (χ1v) is 11.2. The van der Waals surface area contributed by atoms with E-state index in [-0.39, 0.29) is 36.1 Å². The van der Waals surface area contributed by atoms with E-state index in [9.17, 15) is 4.79 Å². The fourth-order valence-electron chi connectivity index (χ4n) is 3.60. The maximum Gasteiger partial charge on any atom is 0.410 e. The van der Waals surface area contributed by atoms with Crippen LogP contribution in [0.5, 0.6) is 0 Å². The van der Waals surface area contributed by atoms with Gasteiger partial charge < -0.3 is 29.4 Å². The van der Waals surface area contributed by atoms with Crippen molar-refractivity contribution in [1.29, 1.82) is 0 Å². The van der Waals surface area contributed by atoms with E-state index in [0.29, 0.717) is 19.6 Å². The predicted molar refractivity (Wildman–Crippen MR) is 135 cm³/mol. The van der Waals surface area contributed by atoms with Crippen LogP contribution in [-0.2, 0) is 15.9 Å². The molecule has 0 aliphatic carbocycles. The lowest BCUT2D eigenvalue weighted by Gasteiger charge is -2.26. The highest BCUT2D eigenvalue weighted by Gasteiger charge is 2.30. The molecule has 10 heteroatoms. The molecular formula is C22H38IN5O4. The number of hydrogen-bond acceptors (Lipinski definition) is 6. The Bertz CT molecular complexity index is 702. The van der Waals surface area contributed by atoms with Crippen molar-refractivity contribution >= 4 is 36.0 Å². The number of carbonyl (C=O) groups excluding carboxylic acids is 1. The summed E-state index contributed by atoms with van der Waals surface area (Å²) in [6, 6.07) is 4.01. The van der Waals surface area contributed by atoms with E-state index in [4.69, 9.17) is 18.9 Å². The van der Waals surface area contributed by atoms with E-state index in [0.717, 1.165) is 64.0 Å². The summed E-state index contributed by atoms with van der Waals surface area (Å²) in [5.41, 5.74) is -0.484. The first-order valence-electron chi connectivity index (χ1n) is 11.2. The Morgan fingerprint density at radius 1 is 1.28 bits per heavy atom. The predicted octanol–water partition coefficient (Wildman–Crippen LogP) is 2.32. The second-order valence-electron chi connectivity index (χ2n) is 9.00. The van der Waals surface area contributed by atoms with Crippen LogP contribution in [0.3, 0.4) is 0 Å². The average Bonchev–Trinajstić information content (AvgIpc) is 3.39. The number of amides is 1. The molecule has 3 rings (SSSR count). The number of morpholine rings is 1. The molecule has 0 aromatic carbocycles. The number of halogens is 1. The van der Waals surface area contributed by atoms with Gasteiger partial charge in [-0.05, 0) is 39.3 Å². The van der Waals surface area contributed by atoms with E-state index in [1.165, 1.54) is 0 Å². The summed E-state index contributed by atoms with van der Waals surface area (Å²) in [4.78, 5) is 21.3. The molecule has 2 saturated heterocycles. The maximum atomic E-state index is 12.3. The van der Waals surface area contributed by atoms with Gasteiger partial charge in [-0.3, -0.25) is 9.89 Å². The topological polar surface area (TPSA) is 91.6 Å². The first-order chi connectivity index (χ1) is 14.9. The maximum absolute atomic E-state index is 12.3. The highest BCUT2D eigenvalue weighted by Crippen LogP contribution is 2.15. The molecule has 1 atom stereocenters. The number of ether oxygens (including phenoxy) is 2. The van der Waals surface area contributed by atoms with Crippen LogP contribution in [-0.4, -0.2) is 92.5 Å². The van der Waals surface area contributed by atoms with Crippen molar-refractivity contribution in [3.63, 3.8) is 0 Å². The highest BCUT2D eigenvalue weighted by atomic mass is 127. The number of nitrogens with one attached hydrogen (secondary N) is 2. The molecule has 1 aromatic rings. The van der Waals surface area contributed by atoms with E-state index in [1.807, 2.05) is 32.9 Å². The summed E-state index contributed by atoms with van der Waals surface area (Å²) in [6.45, 7) is 12.8. The van der Waals surface area contributed by atoms with Crippen LogP contribution in [0.15, 0.2) is 27.8 Å². The van der Waals surface area contributed by atoms with Crippen molar-refractivity contribution in [2.24, 2.45) is 4.99 Å². The van der Waals surface area contributed by atoms with Gasteiger partial charge >= 0.3 is 6.09 Å². The molecule has 0 radical (unpaired) electrons. The summed E-state index contributed by atoms with van der Waals surface area (Å²) < 4.78 is 16.3. The Labute approximate surface area is 208 Å². The van der Waals surface area contributed by atoms with Gasteiger partial charge in [0.05, 0.1) is 26.0 Å². The zero-order chi connectivity index (χ0) is 22.1. The van der Waals surface area contributed by atoms with Gasteiger partial charge in [0.2, 0.25) is 0 Å². The number of carbonyl (C=O) groups is 1. The second-order valence-corrected chi connectivity index (χ2v) is 9.00. The van der Waals surface area contributed by atoms with Gasteiger partial charge in [0, 0.05) is 51.7 Å². The number of aliphatic imine (C=N–C) groups is 1. The van der Waals surface area contributed by atoms with Gasteiger partial charge in [-0.2, -0.15) is 0 Å². The van der Waals surface area contributed by atoms with Crippen molar-refractivity contribution < 1.29 is 18.7 Å². The van der Waals surface area contributed by atoms with Crippen molar-refractivity contribution in [3.05, 3.63) is 24.2 Å². The number of hydrogen-bond donors (Lipinski definition) is 2. The lowest BCUT2D eigenvalue weighted by atomic mass is 10.2. The third-order valence-corrected chi connectivity index (χ3v) is 5.21. The molecule has 32 heavy (non-hydrogen) atoms. The Morgan fingerprint density at radius 2 is 2.06 bits per heavy atom.